The highest BCUT2D eigenvalue weighted by Gasteiger charge is 2.49. The number of cyclic esters (lactones) is 1. The van der Waals surface area contributed by atoms with Gasteiger partial charge in [-0.05, 0) is 56.6 Å². The van der Waals surface area contributed by atoms with Crippen molar-refractivity contribution in [2.24, 2.45) is 11.1 Å². The third-order valence-corrected chi connectivity index (χ3v) is 8.31. The Morgan fingerprint density at radius 2 is 2.13 bits per heavy atom. The number of para-hydroxylation sites is 1. The van der Waals surface area contributed by atoms with Crippen molar-refractivity contribution in [1.29, 1.82) is 0 Å². The van der Waals surface area contributed by atoms with Gasteiger partial charge in [0.05, 0.1) is 41.8 Å². The van der Waals surface area contributed by atoms with Crippen LogP contribution in [0.5, 0.6) is 0 Å². The average Bonchev–Trinajstić information content (AvgIpc) is 3.28. The third-order valence-electron chi connectivity index (χ3n) is 8.31. The van der Waals surface area contributed by atoms with Crippen LogP contribution < -0.4 is 5.56 Å². The molecule has 3 aromatic rings. The molecule has 9 nitrogen and oxygen atoms in total. The van der Waals surface area contributed by atoms with Gasteiger partial charge in [0.15, 0.2) is 6.10 Å². The fourth-order valence-electron chi connectivity index (χ4n) is 6.11. The summed E-state index contributed by atoms with van der Waals surface area (Å²) >= 11 is 0. The molecule has 6 rings (SSSR count). The van der Waals surface area contributed by atoms with Crippen LogP contribution in [0.1, 0.15) is 49.0 Å². The minimum absolute atomic E-state index is 0.274. The molecule has 0 spiro atoms. The van der Waals surface area contributed by atoms with Gasteiger partial charge in [-0.25, -0.2) is 4.98 Å². The molecule has 0 aliphatic carbocycles. The second-order valence-electron chi connectivity index (χ2n) is 10.7. The number of aliphatic hydroxyl groups excluding tert-OH is 1. The Balaban J connectivity index is 1.39. The Kier molecular flexibility index (Phi) is 6.28. The monoisotopic (exact) mass is 516 g/mol. The van der Waals surface area contributed by atoms with Gasteiger partial charge < -0.3 is 24.1 Å². The molecule has 1 N–H and O–H groups in total. The fraction of sp³-hybridized carbons (Fsp3) is 0.448. The molecule has 3 aliphatic heterocycles. The Bertz CT molecular complexity index is 1490. The molecule has 38 heavy (non-hydrogen) atoms. The molecular weight excluding hydrogens is 484 g/mol. The van der Waals surface area contributed by atoms with Crippen LogP contribution in [-0.4, -0.2) is 65.1 Å². The van der Waals surface area contributed by atoms with E-state index in [-0.39, 0.29) is 12.0 Å². The van der Waals surface area contributed by atoms with Crippen molar-refractivity contribution < 1.29 is 19.5 Å². The number of oxime groups is 1. The fourth-order valence-corrected chi connectivity index (χ4v) is 6.11. The van der Waals surface area contributed by atoms with Gasteiger partial charge in [0, 0.05) is 23.4 Å². The first kappa shape index (κ1) is 24.8. The maximum absolute atomic E-state index is 14.0. The number of ether oxygens (including phenoxy) is 1. The van der Waals surface area contributed by atoms with Crippen LogP contribution in [0.4, 0.5) is 0 Å². The molecule has 3 aliphatic rings. The largest absolute Gasteiger partial charge is 0.450 e. The molecule has 3 unspecified atom stereocenters. The second kappa shape index (κ2) is 9.63. The van der Waals surface area contributed by atoms with E-state index in [0.29, 0.717) is 35.9 Å². The maximum atomic E-state index is 14.0. The second-order valence-corrected chi connectivity index (χ2v) is 10.7. The summed E-state index contributed by atoms with van der Waals surface area (Å²) in [5, 5.41) is 15.5. The first-order valence-corrected chi connectivity index (χ1v) is 13.3. The molecule has 0 radical (unpaired) electrons. The van der Waals surface area contributed by atoms with Crippen molar-refractivity contribution in [3.8, 4) is 11.4 Å². The van der Waals surface area contributed by atoms with Crippen molar-refractivity contribution in [2.45, 2.75) is 44.2 Å². The van der Waals surface area contributed by atoms with Crippen LogP contribution in [0, 0.1) is 5.92 Å². The lowest BCUT2D eigenvalue weighted by molar-refractivity contribution is -0.158. The molecule has 0 bridgehead atoms. The lowest BCUT2D eigenvalue weighted by Crippen LogP contribution is -2.48. The summed E-state index contributed by atoms with van der Waals surface area (Å²) < 4.78 is 7.41. The predicted molar refractivity (Wildman–Crippen MR) is 143 cm³/mol. The van der Waals surface area contributed by atoms with Crippen molar-refractivity contribution in [1.82, 2.24) is 14.5 Å². The Hall–Kier alpha value is -3.56. The van der Waals surface area contributed by atoms with Crippen molar-refractivity contribution >= 4 is 23.1 Å². The van der Waals surface area contributed by atoms with Gasteiger partial charge in [0.25, 0.3) is 5.56 Å². The van der Waals surface area contributed by atoms with Gasteiger partial charge in [-0.1, -0.05) is 30.3 Å². The molecule has 1 aromatic carbocycles. The van der Waals surface area contributed by atoms with Crippen LogP contribution in [-0.2, 0) is 26.3 Å². The number of likely N-dealkylation sites (tertiary alicyclic amines) is 1. The normalized spacial score (nSPS) is 24.8. The minimum atomic E-state index is -1.33. The molecular formula is C29H32N4O5. The number of benzene rings is 1. The minimum Gasteiger partial charge on any atom is -0.450 e. The molecule has 0 amide bonds. The third kappa shape index (κ3) is 3.92. The molecule has 1 saturated heterocycles. The highest BCUT2D eigenvalue weighted by atomic mass is 16.6. The first-order chi connectivity index (χ1) is 18.4. The van der Waals surface area contributed by atoms with Gasteiger partial charge in [-0.15, -0.1) is 0 Å². The predicted octanol–water partition coefficient (Wildman–Crippen LogP) is 3.01. The first-order valence-electron chi connectivity index (χ1n) is 13.3. The van der Waals surface area contributed by atoms with Crippen molar-refractivity contribution in [3.63, 3.8) is 0 Å². The molecule has 9 heteroatoms. The topological polar surface area (TPSA) is 106 Å². The lowest BCUT2D eigenvalue weighted by Gasteiger charge is -2.37. The number of fused-ring (bicyclic) bond motifs is 5. The number of pyridine rings is 2. The highest BCUT2D eigenvalue weighted by molar-refractivity contribution is 5.90. The van der Waals surface area contributed by atoms with Crippen molar-refractivity contribution in [2.75, 3.05) is 33.4 Å². The number of rotatable bonds is 6. The zero-order valence-corrected chi connectivity index (χ0v) is 21.7. The Labute approximate surface area is 220 Å². The maximum Gasteiger partial charge on any atom is 0.319 e. The van der Waals surface area contributed by atoms with Gasteiger partial charge >= 0.3 is 5.97 Å². The summed E-state index contributed by atoms with van der Waals surface area (Å²) in [6, 6.07) is 11.7. The molecule has 198 valence electrons. The SMILES string of the molecule is CCC1(CO)C(=O)OC(/C=N/OCC2CCCN(C)C2)c2c1cc1n(c2=O)Cc2cc3ccccc3nc2-1. The molecule has 0 saturated carbocycles. The molecule has 5 heterocycles. The summed E-state index contributed by atoms with van der Waals surface area (Å²) in [6.07, 6.45) is 2.87. The van der Waals surface area contributed by atoms with Crippen LogP contribution in [0.3, 0.4) is 0 Å². The quantitative estimate of drug-likeness (QED) is 0.239. The van der Waals surface area contributed by atoms with Gasteiger partial charge in [0.2, 0.25) is 0 Å². The highest BCUT2D eigenvalue weighted by Crippen LogP contribution is 2.42. The van der Waals surface area contributed by atoms with E-state index in [1.54, 1.807) is 4.57 Å². The number of aliphatic hydroxyl groups is 1. The average molecular weight is 517 g/mol. The van der Waals surface area contributed by atoms with Crippen LogP contribution in [0.25, 0.3) is 22.3 Å². The van der Waals surface area contributed by atoms with E-state index in [4.69, 9.17) is 14.6 Å². The number of hydrogen-bond acceptors (Lipinski definition) is 8. The number of aromatic nitrogens is 2. The van der Waals surface area contributed by atoms with E-state index < -0.39 is 24.1 Å². The zero-order valence-electron chi connectivity index (χ0n) is 21.7. The van der Waals surface area contributed by atoms with Crippen molar-refractivity contribution in [3.05, 3.63) is 63.4 Å². The van der Waals surface area contributed by atoms with Crippen LogP contribution >= 0.6 is 0 Å². The van der Waals surface area contributed by atoms with E-state index in [2.05, 4.69) is 23.2 Å². The van der Waals surface area contributed by atoms with Gasteiger partial charge in [-0.2, -0.15) is 0 Å². The summed E-state index contributed by atoms with van der Waals surface area (Å²) in [7, 11) is 2.09. The van der Waals surface area contributed by atoms with Crippen LogP contribution in [0.2, 0.25) is 0 Å². The lowest BCUT2D eigenvalue weighted by atomic mass is 9.74. The number of carbonyl (C=O) groups is 1. The number of nitrogens with zero attached hydrogens (tertiary/aromatic N) is 4. The smallest absolute Gasteiger partial charge is 0.319 e. The molecule has 2 aromatic heterocycles. The standard InChI is InChI=1S/C29H32N4O5/c1-3-29(17-34)21-12-23-26-20(11-19-8-4-5-9-22(19)31-26)15-33(23)27(35)25(21)24(38-28(29)36)13-30-37-16-18-7-6-10-32(2)14-18/h4-5,8-9,11-13,18,24,34H,3,6-7,10,14-17H2,1-2H3/b30-13+. The van der Waals surface area contributed by atoms with E-state index in [0.717, 1.165) is 48.1 Å². The van der Waals surface area contributed by atoms with E-state index in [1.165, 1.54) is 6.21 Å². The summed E-state index contributed by atoms with van der Waals surface area (Å²) in [4.78, 5) is 40.0. The summed E-state index contributed by atoms with van der Waals surface area (Å²) in [6.45, 7) is 4.21. The molecule has 3 atom stereocenters. The van der Waals surface area contributed by atoms with Gasteiger partial charge in [0.1, 0.15) is 12.0 Å². The number of hydrogen-bond donors (Lipinski definition) is 1. The van der Waals surface area contributed by atoms with Gasteiger partial charge in [-0.3, -0.25) is 9.59 Å². The number of piperidine rings is 1. The van der Waals surface area contributed by atoms with E-state index in [9.17, 15) is 14.7 Å². The Morgan fingerprint density at radius 1 is 1.29 bits per heavy atom. The van der Waals surface area contributed by atoms with Crippen LogP contribution in [0.15, 0.2) is 46.3 Å². The van der Waals surface area contributed by atoms with E-state index in [1.807, 2.05) is 37.3 Å². The molecule has 1 fully saturated rings. The Morgan fingerprint density at radius 3 is 2.92 bits per heavy atom. The van der Waals surface area contributed by atoms with E-state index >= 15 is 0 Å². The summed E-state index contributed by atoms with van der Waals surface area (Å²) in [5.41, 5.74) is 2.31. The zero-order chi connectivity index (χ0) is 26.4. The number of carbonyl (C=O) groups excluding carboxylic acids is 1. The summed E-state index contributed by atoms with van der Waals surface area (Å²) in [5.74, 6) is -0.195. The number of esters is 1.